The Hall–Kier alpha value is -2.61. The van der Waals surface area contributed by atoms with Crippen molar-refractivity contribution in [3.63, 3.8) is 0 Å². The lowest BCUT2D eigenvalue weighted by atomic mass is 9.83. The molecule has 2 fully saturated rings. The first-order valence-corrected chi connectivity index (χ1v) is 9.87. The summed E-state index contributed by atoms with van der Waals surface area (Å²) >= 11 is 0. The zero-order valence-corrected chi connectivity index (χ0v) is 15.7. The number of amides is 2. The zero-order chi connectivity index (χ0) is 19.7. The van der Waals surface area contributed by atoms with Crippen molar-refractivity contribution in [1.82, 2.24) is 14.8 Å². The molecular weight excluding hydrogens is 362 g/mol. The van der Waals surface area contributed by atoms with Gasteiger partial charge in [-0.15, -0.1) is 0 Å². The van der Waals surface area contributed by atoms with Crippen molar-refractivity contribution in [2.75, 3.05) is 13.1 Å². The molecule has 8 heteroatoms. The van der Waals surface area contributed by atoms with Crippen molar-refractivity contribution in [1.29, 1.82) is 0 Å². The molecule has 0 radical (unpaired) electrons. The maximum absolute atomic E-state index is 12.5. The van der Waals surface area contributed by atoms with Crippen LogP contribution in [0.3, 0.4) is 0 Å². The van der Waals surface area contributed by atoms with Crippen LogP contribution in [0.1, 0.15) is 32.1 Å². The lowest BCUT2D eigenvalue weighted by molar-refractivity contribution is -0.137. The molecule has 2 heterocycles. The van der Waals surface area contributed by atoms with E-state index in [2.05, 4.69) is 5.32 Å². The highest BCUT2D eigenvalue weighted by Gasteiger charge is 2.36. The van der Waals surface area contributed by atoms with Gasteiger partial charge in [0.1, 0.15) is 6.54 Å². The first-order chi connectivity index (χ1) is 13.5. The largest absolute Gasteiger partial charge is 0.420 e. The summed E-state index contributed by atoms with van der Waals surface area (Å²) in [7, 11) is 0. The Balaban J connectivity index is 1.35. The maximum Gasteiger partial charge on any atom is 0.420 e. The van der Waals surface area contributed by atoms with Crippen LogP contribution < -0.4 is 11.1 Å². The number of rotatable bonds is 4. The summed E-state index contributed by atoms with van der Waals surface area (Å²) in [6.45, 7) is 1.44. The molecule has 3 atom stereocenters. The topological polar surface area (TPSA) is 105 Å². The molecule has 0 bridgehead atoms. The normalized spacial score (nSPS) is 25.2. The lowest BCUT2D eigenvalue weighted by Gasteiger charge is -2.34. The Morgan fingerprint density at radius 2 is 1.93 bits per heavy atom. The summed E-state index contributed by atoms with van der Waals surface area (Å²) in [6.07, 6.45) is 2.86. The number of oxazole rings is 1. The second kappa shape index (κ2) is 7.79. The number of para-hydroxylation sites is 2. The number of carbonyl (C=O) groups excluding carboxylic acids is 2. The molecule has 2 N–H and O–H groups in total. The summed E-state index contributed by atoms with van der Waals surface area (Å²) < 4.78 is 6.41. The Morgan fingerprint density at radius 3 is 2.68 bits per heavy atom. The predicted octanol–water partition coefficient (Wildman–Crippen LogP) is 0.863. The summed E-state index contributed by atoms with van der Waals surface area (Å²) in [4.78, 5) is 38.9. The number of likely N-dealkylation sites (tertiary alicyclic amines) is 1. The molecule has 4 rings (SSSR count). The van der Waals surface area contributed by atoms with Gasteiger partial charge in [-0.25, -0.2) is 4.79 Å². The minimum Gasteiger partial charge on any atom is -0.408 e. The van der Waals surface area contributed by atoms with Crippen molar-refractivity contribution >= 4 is 22.9 Å². The van der Waals surface area contributed by atoms with Crippen molar-refractivity contribution in [2.45, 2.75) is 50.8 Å². The van der Waals surface area contributed by atoms with Gasteiger partial charge in [0.15, 0.2) is 5.58 Å². The standard InChI is InChI=1S/C20H25N3O5/c24-16-11-13(19(26)22-9-3-4-10-22)7-8-14(16)21-18(25)12-23-15-5-1-2-6-17(15)28-20(23)27/h1-2,5-6,13-14,16,24H,3-4,7-12H2,(H,21,25)/t13-,14-,16-/m0/s1. The number of hydrogen-bond acceptors (Lipinski definition) is 5. The second-order valence-corrected chi connectivity index (χ2v) is 7.71. The molecule has 28 heavy (non-hydrogen) atoms. The fraction of sp³-hybridized carbons (Fsp3) is 0.550. The van der Waals surface area contributed by atoms with Crippen LogP contribution in [0, 0.1) is 5.92 Å². The van der Waals surface area contributed by atoms with E-state index >= 15 is 0 Å². The molecule has 1 saturated heterocycles. The smallest absolute Gasteiger partial charge is 0.408 e. The van der Waals surface area contributed by atoms with Gasteiger partial charge in [-0.3, -0.25) is 14.2 Å². The first-order valence-electron chi connectivity index (χ1n) is 9.87. The van der Waals surface area contributed by atoms with Crippen LogP contribution in [0.2, 0.25) is 0 Å². The molecule has 2 aromatic rings. The summed E-state index contributed by atoms with van der Waals surface area (Å²) in [5.74, 6) is -1.00. The molecule has 8 nitrogen and oxygen atoms in total. The molecule has 1 saturated carbocycles. The van der Waals surface area contributed by atoms with Crippen molar-refractivity contribution in [2.24, 2.45) is 5.92 Å². The van der Waals surface area contributed by atoms with Gasteiger partial charge in [0.05, 0.1) is 17.7 Å². The highest BCUT2D eigenvalue weighted by atomic mass is 16.4. The Kier molecular flexibility index (Phi) is 5.21. The van der Waals surface area contributed by atoms with Crippen LogP contribution in [0.5, 0.6) is 0 Å². The Labute approximate surface area is 162 Å². The van der Waals surface area contributed by atoms with Crippen molar-refractivity contribution in [3.8, 4) is 0 Å². The number of aromatic nitrogens is 1. The van der Waals surface area contributed by atoms with Gasteiger partial charge in [-0.05, 0) is 44.2 Å². The molecule has 1 aliphatic heterocycles. The van der Waals surface area contributed by atoms with Gasteiger partial charge in [-0.2, -0.15) is 0 Å². The summed E-state index contributed by atoms with van der Waals surface area (Å²) in [6, 6.07) is 6.51. The summed E-state index contributed by atoms with van der Waals surface area (Å²) in [5.41, 5.74) is 0.990. The van der Waals surface area contributed by atoms with Crippen LogP contribution in [0.15, 0.2) is 33.5 Å². The fourth-order valence-electron chi connectivity index (χ4n) is 4.29. The molecule has 1 aromatic heterocycles. The summed E-state index contributed by atoms with van der Waals surface area (Å²) in [5, 5.41) is 13.3. The van der Waals surface area contributed by atoms with E-state index in [1.165, 1.54) is 4.57 Å². The number of hydrogen-bond donors (Lipinski definition) is 2. The number of fused-ring (bicyclic) bond motifs is 1. The SMILES string of the molecule is O=C(Cn1c(=O)oc2ccccc21)N[C@H]1CC[C@H](C(=O)N2CCCC2)C[C@@H]1O. The van der Waals surface area contributed by atoms with Crippen LogP contribution in [0.25, 0.3) is 11.1 Å². The van der Waals surface area contributed by atoms with E-state index in [-0.39, 0.29) is 24.3 Å². The maximum atomic E-state index is 12.5. The molecule has 150 valence electrons. The van der Waals surface area contributed by atoms with Crippen molar-refractivity contribution < 1.29 is 19.1 Å². The van der Waals surface area contributed by atoms with Gasteiger partial charge >= 0.3 is 5.76 Å². The Bertz CT molecular complexity index is 927. The van der Waals surface area contributed by atoms with E-state index in [0.29, 0.717) is 30.4 Å². The predicted molar refractivity (Wildman–Crippen MR) is 102 cm³/mol. The molecule has 2 aliphatic rings. The van der Waals surface area contributed by atoms with E-state index < -0.39 is 17.9 Å². The van der Waals surface area contributed by atoms with Gasteiger partial charge in [0, 0.05) is 19.0 Å². The van der Waals surface area contributed by atoms with Crippen LogP contribution in [-0.4, -0.2) is 51.6 Å². The van der Waals surface area contributed by atoms with Gasteiger partial charge < -0.3 is 19.7 Å². The van der Waals surface area contributed by atoms with E-state index in [9.17, 15) is 19.5 Å². The number of aliphatic hydroxyl groups is 1. The van der Waals surface area contributed by atoms with E-state index in [1.54, 1.807) is 24.3 Å². The van der Waals surface area contributed by atoms with E-state index in [4.69, 9.17) is 4.42 Å². The van der Waals surface area contributed by atoms with E-state index in [0.717, 1.165) is 25.9 Å². The second-order valence-electron chi connectivity index (χ2n) is 7.71. The quantitative estimate of drug-likeness (QED) is 0.810. The molecular formula is C20H25N3O5. The third-order valence-corrected chi connectivity index (χ3v) is 5.81. The minimum absolute atomic E-state index is 0.123. The molecule has 1 aromatic carbocycles. The number of carbonyl (C=O) groups is 2. The number of aliphatic hydroxyl groups excluding tert-OH is 1. The third kappa shape index (κ3) is 3.69. The molecule has 1 aliphatic carbocycles. The highest BCUT2D eigenvalue weighted by Crippen LogP contribution is 2.28. The van der Waals surface area contributed by atoms with Crippen LogP contribution in [0.4, 0.5) is 0 Å². The lowest BCUT2D eigenvalue weighted by Crippen LogP contribution is -2.50. The minimum atomic E-state index is -0.771. The average Bonchev–Trinajstić information content (AvgIpc) is 3.32. The Morgan fingerprint density at radius 1 is 1.18 bits per heavy atom. The molecule has 0 spiro atoms. The van der Waals surface area contributed by atoms with Gasteiger partial charge in [0.25, 0.3) is 0 Å². The number of nitrogens with one attached hydrogen (secondary N) is 1. The fourth-order valence-corrected chi connectivity index (χ4v) is 4.29. The monoisotopic (exact) mass is 387 g/mol. The first kappa shape index (κ1) is 18.7. The van der Waals surface area contributed by atoms with Gasteiger partial charge in [-0.1, -0.05) is 12.1 Å². The average molecular weight is 387 g/mol. The van der Waals surface area contributed by atoms with E-state index in [1.807, 2.05) is 4.90 Å². The highest BCUT2D eigenvalue weighted by molar-refractivity contribution is 5.80. The van der Waals surface area contributed by atoms with Gasteiger partial charge in [0.2, 0.25) is 11.8 Å². The third-order valence-electron chi connectivity index (χ3n) is 5.81. The number of nitrogens with zero attached hydrogens (tertiary/aromatic N) is 2. The zero-order valence-electron chi connectivity index (χ0n) is 15.7. The van der Waals surface area contributed by atoms with Crippen LogP contribution >= 0.6 is 0 Å². The number of benzene rings is 1. The molecule has 2 amide bonds. The molecule has 0 unspecified atom stereocenters. The van der Waals surface area contributed by atoms with Crippen LogP contribution in [-0.2, 0) is 16.1 Å². The van der Waals surface area contributed by atoms with Crippen molar-refractivity contribution in [3.05, 3.63) is 34.8 Å².